The molecule has 0 N–H and O–H groups in total. The number of hydrogen-bond donors (Lipinski definition) is 0. The molecule has 4 nitrogen and oxygen atoms in total. The van der Waals surface area contributed by atoms with E-state index in [0.29, 0.717) is 18.0 Å². The van der Waals surface area contributed by atoms with Crippen LogP contribution in [-0.2, 0) is 16.6 Å². The van der Waals surface area contributed by atoms with E-state index in [1.165, 1.54) is 11.1 Å². The maximum atomic E-state index is 13.4. The summed E-state index contributed by atoms with van der Waals surface area (Å²) >= 11 is 3.46. The fourth-order valence-corrected chi connectivity index (χ4v) is 6.20. The van der Waals surface area contributed by atoms with Gasteiger partial charge in [-0.1, -0.05) is 28.1 Å². The van der Waals surface area contributed by atoms with Gasteiger partial charge in [0, 0.05) is 37.2 Å². The molecule has 0 aliphatic carbocycles. The predicted molar refractivity (Wildman–Crippen MR) is 118 cm³/mol. The van der Waals surface area contributed by atoms with Crippen molar-refractivity contribution in [3.8, 4) is 0 Å². The van der Waals surface area contributed by atoms with Gasteiger partial charge in [-0.2, -0.15) is 4.31 Å². The van der Waals surface area contributed by atoms with E-state index in [9.17, 15) is 8.42 Å². The Hall–Kier alpha value is -1.21. The maximum Gasteiger partial charge on any atom is 0.243 e. The molecular formula is C22H29BrN2O2S. The van der Waals surface area contributed by atoms with Crippen LogP contribution in [0.5, 0.6) is 0 Å². The van der Waals surface area contributed by atoms with Crippen LogP contribution in [-0.4, -0.2) is 43.8 Å². The summed E-state index contributed by atoms with van der Waals surface area (Å²) in [4.78, 5) is 2.83. The Morgan fingerprint density at radius 2 is 1.25 bits per heavy atom. The Balaban J connectivity index is 1.78. The van der Waals surface area contributed by atoms with E-state index in [4.69, 9.17) is 0 Å². The number of sulfonamides is 1. The fourth-order valence-electron chi connectivity index (χ4n) is 3.96. The number of benzene rings is 2. The third-order valence-corrected chi connectivity index (χ3v) is 8.88. The standard InChI is InChI=1S/C22H29BrN2O2S/c1-15-16(2)18(4)22(19(5)17(15)3)28(26,27)25-12-10-24(11-13-25)14-20-6-8-21(23)9-7-20/h6-9H,10-14H2,1-5H3. The van der Waals surface area contributed by atoms with Crippen LogP contribution in [0.25, 0.3) is 0 Å². The number of piperazine rings is 1. The van der Waals surface area contributed by atoms with Crippen molar-refractivity contribution >= 4 is 26.0 Å². The molecular weight excluding hydrogens is 436 g/mol. The Bertz CT molecular complexity index is 948. The van der Waals surface area contributed by atoms with Gasteiger partial charge >= 0.3 is 0 Å². The van der Waals surface area contributed by atoms with Gasteiger partial charge in [-0.3, -0.25) is 4.90 Å². The molecule has 0 radical (unpaired) electrons. The van der Waals surface area contributed by atoms with Gasteiger partial charge in [0.1, 0.15) is 0 Å². The smallest absolute Gasteiger partial charge is 0.243 e. The lowest BCUT2D eigenvalue weighted by Crippen LogP contribution is -2.48. The second kappa shape index (κ2) is 8.27. The van der Waals surface area contributed by atoms with E-state index in [0.717, 1.165) is 46.4 Å². The zero-order chi connectivity index (χ0) is 20.6. The summed E-state index contributed by atoms with van der Waals surface area (Å²) in [6.45, 7) is 13.4. The molecule has 0 spiro atoms. The molecule has 0 aromatic heterocycles. The Morgan fingerprint density at radius 3 is 1.75 bits per heavy atom. The summed E-state index contributed by atoms with van der Waals surface area (Å²) < 4.78 is 29.6. The minimum Gasteiger partial charge on any atom is -0.296 e. The number of hydrogen-bond acceptors (Lipinski definition) is 3. The topological polar surface area (TPSA) is 40.6 Å². The Kier molecular flexibility index (Phi) is 6.35. The van der Waals surface area contributed by atoms with E-state index in [1.807, 2.05) is 39.8 Å². The molecule has 2 aromatic rings. The van der Waals surface area contributed by atoms with E-state index in [-0.39, 0.29) is 0 Å². The lowest BCUT2D eigenvalue weighted by atomic mass is 9.95. The summed E-state index contributed by atoms with van der Waals surface area (Å²) in [7, 11) is -3.49. The Labute approximate surface area is 177 Å². The first-order chi connectivity index (χ1) is 13.1. The van der Waals surface area contributed by atoms with E-state index < -0.39 is 10.0 Å². The normalized spacial score (nSPS) is 16.5. The van der Waals surface area contributed by atoms with Gasteiger partial charge in [0.05, 0.1) is 4.90 Å². The molecule has 1 aliphatic heterocycles. The molecule has 28 heavy (non-hydrogen) atoms. The van der Waals surface area contributed by atoms with Crippen LogP contribution in [0.1, 0.15) is 33.4 Å². The monoisotopic (exact) mass is 464 g/mol. The van der Waals surface area contributed by atoms with Gasteiger partial charge < -0.3 is 0 Å². The van der Waals surface area contributed by atoms with Gasteiger partial charge in [0.2, 0.25) is 10.0 Å². The number of nitrogens with zero attached hydrogens (tertiary/aromatic N) is 2. The van der Waals surface area contributed by atoms with Crippen LogP contribution in [0.2, 0.25) is 0 Å². The van der Waals surface area contributed by atoms with Crippen molar-refractivity contribution in [1.29, 1.82) is 0 Å². The SMILES string of the molecule is Cc1c(C)c(C)c(S(=O)(=O)N2CCN(Cc3ccc(Br)cc3)CC2)c(C)c1C. The molecule has 1 fully saturated rings. The zero-order valence-electron chi connectivity index (χ0n) is 17.3. The first-order valence-corrected chi connectivity index (χ1v) is 11.9. The largest absolute Gasteiger partial charge is 0.296 e. The van der Waals surface area contributed by atoms with Crippen molar-refractivity contribution < 1.29 is 8.42 Å². The molecule has 6 heteroatoms. The summed E-state index contributed by atoms with van der Waals surface area (Å²) in [6.07, 6.45) is 0. The highest BCUT2D eigenvalue weighted by atomic mass is 79.9. The molecule has 3 rings (SSSR count). The molecule has 1 heterocycles. The highest BCUT2D eigenvalue weighted by molar-refractivity contribution is 9.10. The highest BCUT2D eigenvalue weighted by Crippen LogP contribution is 2.32. The zero-order valence-corrected chi connectivity index (χ0v) is 19.7. The minimum absolute atomic E-state index is 0.509. The molecule has 0 saturated carbocycles. The summed E-state index contributed by atoms with van der Waals surface area (Å²) in [5.41, 5.74) is 6.37. The van der Waals surface area contributed by atoms with Crippen LogP contribution in [0.3, 0.4) is 0 Å². The van der Waals surface area contributed by atoms with Crippen molar-refractivity contribution in [2.45, 2.75) is 46.1 Å². The summed E-state index contributed by atoms with van der Waals surface area (Å²) in [6, 6.07) is 8.31. The average molecular weight is 465 g/mol. The van der Waals surface area contributed by atoms with E-state index in [1.54, 1.807) is 4.31 Å². The van der Waals surface area contributed by atoms with Gasteiger partial charge in [0.15, 0.2) is 0 Å². The molecule has 0 amide bonds. The average Bonchev–Trinajstić information content (AvgIpc) is 2.67. The second-order valence-electron chi connectivity index (χ2n) is 7.76. The molecule has 0 unspecified atom stereocenters. The molecule has 1 saturated heterocycles. The van der Waals surface area contributed by atoms with Crippen LogP contribution in [0.4, 0.5) is 0 Å². The first kappa shape index (κ1) is 21.5. The van der Waals surface area contributed by atoms with Crippen molar-refractivity contribution in [2.24, 2.45) is 0 Å². The maximum absolute atomic E-state index is 13.4. The summed E-state index contributed by atoms with van der Waals surface area (Å²) in [5.74, 6) is 0. The van der Waals surface area contributed by atoms with Crippen LogP contribution >= 0.6 is 15.9 Å². The molecule has 1 aliphatic rings. The highest BCUT2D eigenvalue weighted by Gasteiger charge is 2.32. The van der Waals surface area contributed by atoms with Crippen molar-refractivity contribution in [1.82, 2.24) is 9.21 Å². The predicted octanol–water partition coefficient (Wildman–Crippen LogP) is 4.50. The second-order valence-corrected chi connectivity index (χ2v) is 10.6. The van der Waals surface area contributed by atoms with Gasteiger partial charge in [-0.25, -0.2) is 8.42 Å². The van der Waals surface area contributed by atoms with Crippen LogP contribution in [0, 0.1) is 34.6 Å². The summed E-state index contributed by atoms with van der Waals surface area (Å²) in [5, 5.41) is 0. The third-order valence-electron chi connectivity index (χ3n) is 6.18. The van der Waals surface area contributed by atoms with Crippen LogP contribution in [0.15, 0.2) is 33.6 Å². The van der Waals surface area contributed by atoms with E-state index in [2.05, 4.69) is 39.9 Å². The molecule has 2 aromatic carbocycles. The van der Waals surface area contributed by atoms with Crippen molar-refractivity contribution in [2.75, 3.05) is 26.2 Å². The quantitative estimate of drug-likeness (QED) is 0.668. The van der Waals surface area contributed by atoms with Crippen molar-refractivity contribution in [3.63, 3.8) is 0 Å². The number of rotatable bonds is 4. The van der Waals surface area contributed by atoms with Crippen molar-refractivity contribution in [3.05, 3.63) is 62.1 Å². The molecule has 152 valence electrons. The number of halogens is 1. The first-order valence-electron chi connectivity index (χ1n) is 9.67. The Morgan fingerprint density at radius 1 is 0.786 bits per heavy atom. The molecule has 0 atom stereocenters. The third kappa shape index (κ3) is 4.06. The molecule has 0 bridgehead atoms. The fraction of sp³-hybridized carbons (Fsp3) is 0.455. The minimum atomic E-state index is -3.49. The lowest BCUT2D eigenvalue weighted by Gasteiger charge is -2.35. The van der Waals surface area contributed by atoms with Gasteiger partial charge in [0.25, 0.3) is 0 Å². The van der Waals surface area contributed by atoms with E-state index >= 15 is 0 Å². The lowest BCUT2D eigenvalue weighted by molar-refractivity contribution is 0.181. The van der Waals surface area contributed by atoms with Gasteiger partial charge in [-0.15, -0.1) is 0 Å². The van der Waals surface area contributed by atoms with Crippen LogP contribution < -0.4 is 0 Å². The van der Waals surface area contributed by atoms with Gasteiger partial charge in [-0.05, 0) is 80.1 Å².